The molecular weight excluding hydrogens is 176 g/mol. The second-order valence-corrected chi connectivity index (χ2v) is 3.50. The van der Waals surface area contributed by atoms with E-state index in [1.807, 2.05) is 20.3 Å². The van der Waals surface area contributed by atoms with Gasteiger partial charge in [-0.15, -0.1) is 5.10 Å². The van der Waals surface area contributed by atoms with E-state index in [2.05, 4.69) is 28.6 Å². The molecule has 0 spiro atoms. The van der Waals surface area contributed by atoms with Crippen LogP contribution in [-0.4, -0.2) is 28.6 Å². The van der Waals surface area contributed by atoms with Crippen LogP contribution in [0.25, 0.3) is 0 Å². The topological polar surface area (TPSA) is 42.7 Å². The standard InChI is InChI=1S/C10H18N4/c1-9(5-4-6-11-2)7-10-8-14(3)13-12-10/h5,8,11H,4,6-7H2,1-3H3/b9-5-. The summed E-state index contributed by atoms with van der Waals surface area (Å²) in [4.78, 5) is 0. The Morgan fingerprint density at radius 2 is 2.43 bits per heavy atom. The number of aryl methyl sites for hydroxylation is 1. The highest BCUT2D eigenvalue weighted by Crippen LogP contribution is 2.04. The third-order valence-electron chi connectivity index (χ3n) is 2.00. The van der Waals surface area contributed by atoms with E-state index in [4.69, 9.17) is 0 Å². The molecule has 0 atom stereocenters. The van der Waals surface area contributed by atoms with Gasteiger partial charge in [0.1, 0.15) is 0 Å². The van der Waals surface area contributed by atoms with Gasteiger partial charge in [-0.3, -0.25) is 4.68 Å². The summed E-state index contributed by atoms with van der Waals surface area (Å²) in [6.07, 6.45) is 6.17. The summed E-state index contributed by atoms with van der Waals surface area (Å²) in [5, 5.41) is 11.0. The average molecular weight is 194 g/mol. The van der Waals surface area contributed by atoms with Gasteiger partial charge in [-0.1, -0.05) is 16.9 Å². The Hall–Kier alpha value is -1.16. The van der Waals surface area contributed by atoms with Crippen LogP contribution in [0.5, 0.6) is 0 Å². The number of nitrogens with zero attached hydrogens (tertiary/aromatic N) is 3. The Morgan fingerprint density at radius 1 is 1.64 bits per heavy atom. The molecule has 0 aliphatic carbocycles. The lowest BCUT2D eigenvalue weighted by molar-refractivity contribution is 0.713. The monoisotopic (exact) mass is 194 g/mol. The first-order valence-electron chi connectivity index (χ1n) is 4.88. The first-order valence-corrected chi connectivity index (χ1v) is 4.88. The van der Waals surface area contributed by atoms with E-state index in [1.165, 1.54) is 5.57 Å². The van der Waals surface area contributed by atoms with E-state index < -0.39 is 0 Å². The van der Waals surface area contributed by atoms with Crippen molar-refractivity contribution >= 4 is 0 Å². The second kappa shape index (κ2) is 5.54. The first kappa shape index (κ1) is 10.9. The molecule has 4 heteroatoms. The van der Waals surface area contributed by atoms with Crippen LogP contribution in [0.1, 0.15) is 19.0 Å². The van der Waals surface area contributed by atoms with Crippen molar-refractivity contribution in [2.75, 3.05) is 13.6 Å². The van der Waals surface area contributed by atoms with E-state index in [0.29, 0.717) is 0 Å². The molecule has 1 rings (SSSR count). The fourth-order valence-electron chi connectivity index (χ4n) is 1.30. The molecule has 0 saturated heterocycles. The molecule has 1 N–H and O–H groups in total. The zero-order chi connectivity index (χ0) is 10.4. The van der Waals surface area contributed by atoms with Crippen LogP contribution in [-0.2, 0) is 13.5 Å². The van der Waals surface area contributed by atoms with E-state index >= 15 is 0 Å². The van der Waals surface area contributed by atoms with Crippen molar-refractivity contribution in [3.05, 3.63) is 23.5 Å². The lowest BCUT2D eigenvalue weighted by atomic mass is 10.1. The maximum Gasteiger partial charge on any atom is 0.0867 e. The molecule has 0 unspecified atom stereocenters. The molecule has 0 amide bonds. The van der Waals surface area contributed by atoms with Gasteiger partial charge in [0.15, 0.2) is 0 Å². The SMILES string of the molecule is CNCC/C=C(/C)Cc1cn(C)nn1. The summed E-state index contributed by atoms with van der Waals surface area (Å²) in [6.45, 7) is 3.15. The van der Waals surface area contributed by atoms with Gasteiger partial charge in [-0.25, -0.2) is 0 Å². The predicted molar refractivity (Wildman–Crippen MR) is 57.0 cm³/mol. The summed E-state index contributed by atoms with van der Waals surface area (Å²) in [5.41, 5.74) is 2.38. The number of allylic oxidation sites excluding steroid dienone is 1. The molecule has 0 saturated carbocycles. The Morgan fingerprint density at radius 3 is 3.00 bits per heavy atom. The number of hydrogen-bond donors (Lipinski definition) is 1. The average Bonchev–Trinajstić information content (AvgIpc) is 2.52. The fourth-order valence-corrected chi connectivity index (χ4v) is 1.30. The third-order valence-corrected chi connectivity index (χ3v) is 2.00. The van der Waals surface area contributed by atoms with Crippen molar-refractivity contribution in [2.45, 2.75) is 19.8 Å². The van der Waals surface area contributed by atoms with Gasteiger partial charge in [0.25, 0.3) is 0 Å². The van der Waals surface area contributed by atoms with Gasteiger partial charge in [0.2, 0.25) is 0 Å². The maximum atomic E-state index is 4.04. The summed E-state index contributed by atoms with van der Waals surface area (Å²) in [7, 11) is 3.85. The largest absolute Gasteiger partial charge is 0.319 e. The van der Waals surface area contributed by atoms with E-state index in [0.717, 1.165) is 25.1 Å². The van der Waals surface area contributed by atoms with Crippen LogP contribution >= 0.6 is 0 Å². The quantitative estimate of drug-likeness (QED) is 0.559. The number of rotatable bonds is 5. The molecule has 1 aromatic heterocycles. The molecule has 0 fully saturated rings. The molecule has 0 bridgehead atoms. The van der Waals surface area contributed by atoms with Crippen molar-refractivity contribution in [1.82, 2.24) is 20.3 Å². The van der Waals surface area contributed by atoms with Gasteiger partial charge in [-0.2, -0.15) is 0 Å². The number of nitrogens with one attached hydrogen (secondary N) is 1. The highest BCUT2D eigenvalue weighted by atomic mass is 15.4. The Bertz CT molecular complexity index is 301. The van der Waals surface area contributed by atoms with Crippen LogP contribution in [0.3, 0.4) is 0 Å². The van der Waals surface area contributed by atoms with Crippen LogP contribution in [0, 0.1) is 0 Å². The molecule has 0 radical (unpaired) electrons. The molecule has 0 aliphatic heterocycles. The molecule has 1 aromatic rings. The van der Waals surface area contributed by atoms with Gasteiger partial charge in [0, 0.05) is 19.7 Å². The van der Waals surface area contributed by atoms with Crippen LogP contribution in [0.15, 0.2) is 17.8 Å². The smallest absolute Gasteiger partial charge is 0.0867 e. The van der Waals surface area contributed by atoms with Crippen molar-refractivity contribution in [2.24, 2.45) is 7.05 Å². The van der Waals surface area contributed by atoms with Crippen molar-refractivity contribution in [1.29, 1.82) is 0 Å². The molecule has 0 aliphatic rings. The summed E-state index contributed by atoms with van der Waals surface area (Å²) in [5.74, 6) is 0. The lowest BCUT2D eigenvalue weighted by Gasteiger charge is -1.97. The van der Waals surface area contributed by atoms with Gasteiger partial charge < -0.3 is 5.32 Å². The molecular formula is C10H18N4. The van der Waals surface area contributed by atoms with E-state index in [9.17, 15) is 0 Å². The molecule has 1 heterocycles. The number of hydrogen-bond acceptors (Lipinski definition) is 3. The predicted octanol–water partition coefficient (Wildman–Crippen LogP) is 0.913. The fraction of sp³-hybridized carbons (Fsp3) is 0.600. The summed E-state index contributed by atoms with van der Waals surface area (Å²) in [6, 6.07) is 0. The highest BCUT2D eigenvalue weighted by Gasteiger charge is 1.98. The van der Waals surface area contributed by atoms with E-state index in [1.54, 1.807) is 4.68 Å². The van der Waals surface area contributed by atoms with Crippen molar-refractivity contribution < 1.29 is 0 Å². The van der Waals surface area contributed by atoms with E-state index in [-0.39, 0.29) is 0 Å². The minimum Gasteiger partial charge on any atom is -0.319 e. The maximum absolute atomic E-state index is 4.04. The zero-order valence-electron chi connectivity index (χ0n) is 9.12. The molecule has 0 aromatic carbocycles. The minimum atomic E-state index is 0.900. The minimum absolute atomic E-state index is 0.900. The molecule has 4 nitrogen and oxygen atoms in total. The van der Waals surface area contributed by atoms with Crippen LogP contribution in [0.4, 0.5) is 0 Å². The van der Waals surface area contributed by atoms with Gasteiger partial charge >= 0.3 is 0 Å². The zero-order valence-corrected chi connectivity index (χ0v) is 9.12. The van der Waals surface area contributed by atoms with Gasteiger partial charge in [-0.05, 0) is 26.9 Å². The van der Waals surface area contributed by atoms with Crippen LogP contribution in [0.2, 0.25) is 0 Å². The lowest BCUT2D eigenvalue weighted by Crippen LogP contribution is -2.06. The highest BCUT2D eigenvalue weighted by molar-refractivity contribution is 5.09. The Labute approximate surface area is 85.0 Å². The third kappa shape index (κ3) is 3.70. The van der Waals surface area contributed by atoms with Gasteiger partial charge in [0.05, 0.1) is 5.69 Å². The molecule has 14 heavy (non-hydrogen) atoms. The first-order chi connectivity index (χ1) is 6.72. The normalized spacial score (nSPS) is 12.1. The number of aromatic nitrogens is 3. The second-order valence-electron chi connectivity index (χ2n) is 3.50. The summed E-state index contributed by atoms with van der Waals surface area (Å²) < 4.78 is 1.73. The Balaban J connectivity index is 2.40. The molecule has 78 valence electrons. The summed E-state index contributed by atoms with van der Waals surface area (Å²) >= 11 is 0. The van der Waals surface area contributed by atoms with Crippen LogP contribution < -0.4 is 5.32 Å². The van der Waals surface area contributed by atoms with Crippen molar-refractivity contribution in [3.8, 4) is 0 Å². The van der Waals surface area contributed by atoms with Crippen molar-refractivity contribution in [3.63, 3.8) is 0 Å². The Kier molecular flexibility index (Phi) is 4.32.